The second-order valence-corrected chi connectivity index (χ2v) is 9.77. The molecule has 0 aliphatic carbocycles. The van der Waals surface area contributed by atoms with Crippen LogP contribution in [0, 0.1) is 0 Å². The zero-order valence-corrected chi connectivity index (χ0v) is 23.5. The maximum Gasteiger partial charge on any atom is 0.0463 e. The predicted octanol–water partition coefficient (Wildman–Crippen LogP) is 11.0. The number of hydrogen-bond donors (Lipinski definition) is 0. The smallest absolute Gasteiger partial charge is 0.0463 e. The molecule has 0 atom stereocenters. The van der Waals surface area contributed by atoms with Gasteiger partial charge in [0.2, 0.25) is 0 Å². The summed E-state index contributed by atoms with van der Waals surface area (Å²) in [6, 6.07) is 47.5. The lowest BCUT2D eigenvalue weighted by atomic mass is 10.0. The van der Waals surface area contributed by atoms with E-state index in [9.17, 15) is 0 Å². The molecule has 0 N–H and O–H groups in total. The molecule has 5 rings (SSSR count). The number of benzene rings is 5. The number of para-hydroxylation sites is 1. The molecule has 2 nitrogen and oxygen atoms in total. The van der Waals surface area contributed by atoms with Gasteiger partial charge in [0.1, 0.15) is 0 Å². The molecule has 0 saturated heterocycles. The van der Waals surface area contributed by atoms with E-state index in [1.807, 2.05) is 6.07 Å². The van der Waals surface area contributed by atoms with Gasteiger partial charge < -0.3 is 9.80 Å². The topological polar surface area (TPSA) is 6.48 Å². The van der Waals surface area contributed by atoms with E-state index in [-0.39, 0.29) is 0 Å². The lowest BCUT2D eigenvalue weighted by Crippen LogP contribution is -2.12. The third-order valence-corrected chi connectivity index (χ3v) is 7.10. The van der Waals surface area contributed by atoms with Gasteiger partial charge in [0.05, 0.1) is 0 Å². The molecule has 40 heavy (non-hydrogen) atoms. The average molecular weight is 521 g/mol. The molecule has 0 unspecified atom stereocenters. The standard InChI is InChI=1S/C38H36N2/c1-4-12-30(13-5-2)32-18-22-36(23-19-32)40(37-24-20-33(21-25-37)31-14-8-6-9-15-31)38-28-26-35(27-29-38)39(3)34-16-10-7-11-17-34/h4,6-29H,5H2,1-3H3/b12-4-,30-13+. The number of nitrogens with zero attached hydrogens (tertiary/aromatic N) is 2. The fraction of sp³-hybridized carbons (Fsp3) is 0.105. The first kappa shape index (κ1) is 26.8. The van der Waals surface area contributed by atoms with Crippen molar-refractivity contribution in [3.63, 3.8) is 0 Å². The minimum Gasteiger partial charge on any atom is -0.345 e. The van der Waals surface area contributed by atoms with Crippen molar-refractivity contribution in [1.82, 2.24) is 0 Å². The third-order valence-electron chi connectivity index (χ3n) is 7.10. The molecule has 0 bridgehead atoms. The fourth-order valence-electron chi connectivity index (χ4n) is 4.99. The van der Waals surface area contributed by atoms with Crippen LogP contribution in [-0.2, 0) is 0 Å². The quantitative estimate of drug-likeness (QED) is 0.178. The number of anilines is 5. The van der Waals surface area contributed by atoms with Crippen LogP contribution in [0.5, 0.6) is 0 Å². The van der Waals surface area contributed by atoms with Crippen LogP contribution in [0.25, 0.3) is 16.7 Å². The van der Waals surface area contributed by atoms with Crippen molar-refractivity contribution in [2.45, 2.75) is 20.3 Å². The molecule has 5 aromatic rings. The van der Waals surface area contributed by atoms with Gasteiger partial charge >= 0.3 is 0 Å². The Kier molecular flexibility index (Phi) is 8.58. The van der Waals surface area contributed by atoms with Gasteiger partial charge in [0.15, 0.2) is 0 Å². The summed E-state index contributed by atoms with van der Waals surface area (Å²) >= 11 is 0. The molecule has 5 aromatic carbocycles. The van der Waals surface area contributed by atoms with Crippen LogP contribution >= 0.6 is 0 Å². The Labute approximate surface area is 239 Å². The first-order chi connectivity index (χ1) is 19.7. The summed E-state index contributed by atoms with van der Waals surface area (Å²) in [5, 5.41) is 0. The molecular weight excluding hydrogens is 484 g/mol. The van der Waals surface area contributed by atoms with E-state index >= 15 is 0 Å². The molecular formula is C38H36N2. The Hall–Kier alpha value is -4.82. The van der Waals surface area contributed by atoms with Crippen LogP contribution < -0.4 is 9.80 Å². The lowest BCUT2D eigenvalue weighted by Gasteiger charge is -2.27. The van der Waals surface area contributed by atoms with Crippen LogP contribution in [0.15, 0.2) is 152 Å². The second kappa shape index (κ2) is 12.8. The van der Waals surface area contributed by atoms with Crippen molar-refractivity contribution >= 4 is 34.0 Å². The van der Waals surface area contributed by atoms with Gasteiger partial charge in [-0.25, -0.2) is 0 Å². The largest absolute Gasteiger partial charge is 0.345 e. The van der Waals surface area contributed by atoms with Crippen LogP contribution in [0.3, 0.4) is 0 Å². The average Bonchev–Trinajstić information content (AvgIpc) is 3.03. The molecule has 0 spiro atoms. The van der Waals surface area contributed by atoms with E-state index in [1.165, 1.54) is 22.3 Å². The third kappa shape index (κ3) is 6.08. The zero-order valence-electron chi connectivity index (χ0n) is 23.5. The highest BCUT2D eigenvalue weighted by Gasteiger charge is 2.14. The molecule has 198 valence electrons. The predicted molar refractivity (Wildman–Crippen MR) is 174 cm³/mol. The second-order valence-electron chi connectivity index (χ2n) is 9.77. The summed E-state index contributed by atoms with van der Waals surface area (Å²) in [6.45, 7) is 4.25. The van der Waals surface area contributed by atoms with E-state index in [0.29, 0.717) is 0 Å². The maximum atomic E-state index is 2.32. The van der Waals surface area contributed by atoms with Gasteiger partial charge in [-0.15, -0.1) is 0 Å². The molecule has 0 aliphatic rings. The summed E-state index contributed by atoms with van der Waals surface area (Å²) in [7, 11) is 2.11. The highest BCUT2D eigenvalue weighted by atomic mass is 15.1. The molecule has 0 radical (unpaired) electrons. The summed E-state index contributed by atoms with van der Waals surface area (Å²) < 4.78 is 0. The normalized spacial score (nSPS) is 11.5. The van der Waals surface area contributed by atoms with Crippen molar-refractivity contribution in [2.24, 2.45) is 0 Å². The SMILES string of the molecule is C/C=C\C(=C/CC)c1ccc(N(c2ccc(-c3ccccc3)cc2)c2ccc(N(C)c3ccccc3)cc2)cc1. The van der Waals surface area contributed by atoms with E-state index in [2.05, 4.69) is 176 Å². The highest BCUT2D eigenvalue weighted by molar-refractivity contribution is 5.81. The zero-order chi connectivity index (χ0) is 27.7. The van der Waals surface area contributed by atoms with Crippen LogP contribution in [-0.4, -0.2) is 7.05 Å². The Bertz CT molecular complexity index is 1550. The minimum absolute atomic E-state index is 1.01. The van der Waals surface area contributed by atoms with E-state index in [4.69, 9.17) is 0 Å². The van der Waals surface area contributed by atoms with Crippen molar-refractivity contribution in [3.8, 4) is 11.1 Å². The van der Waals surface area contributed by atoms with E-state index in [0.717, 1.165) is 34.9 Å². The molecule has 0 amide bonds. The Morgan fingerprint density at radius 1 is 0.550 bits per heavy atom. The molecule has 0 heterocycles. The summed E-state index contributed by atoms with van der Waals surface area (Å²) in [5.74, 6) is 0. The van der Waals surface area contributed by atoms with Gasteiger partial charge in [0.25, 0.3) is 0 Å². The number of hydrogen-bond acceptors (Lipinski definition) is 2. The summed E-state index contributed by atoms with van der Waals surface area (Å²) in [6.07, 6.45) is 7.56. The van der Waals surface area contributed by atoms with Gasteiger partial charge in [0, 0.05) is 35.5 Å². The fourth-order valence-corrected chi connectivity index (χ4v) is 4.99. The summed E-state index contributed by atoms with van der Waals surface area (Å²) in [4.78, 5) is 4.53. The van der Waals surface area contributed by atoms with Crippen LogP contribution in [0.2, 0.25) is 0 Å². The van der Waals surface area contributed by atoms with Gasteiger partial charge in [-0.3, -0.25) is 0 Å². The Morgan fingerprint density at radius 3 is 1.55 bits per heavy atom. The van der Waals surface area contributed by atoms with E-state index < -0.39 is 0 Å². The maximum absolute atomic E-state index is 2.32. The van der Waals surface area contributed by atoms with Crippen molar-refractivity contribution in [3.05, 3.63) is 157 Å². The molecule has 2 heteroatoms. The Balaban J connectivity index is 1.52. The van der Waals surface area contributed by atoms with Crippen molar-refractivity contribution in [1.29, 1.82) is 0 Å². The Morgan fingerprint density at radius 2 is 1.00 bits per heavy atom. The van der Waals surface area contributed by atoms with Crippen molar-refractivity contribution < 1.29 is 0 Å². The number of rotatable bonds is 9. The summed E-state index contributed by atoms with van der Waals surface area (Å²) in [5.41, 5.74) is 10.6. The van der Waals surface area contributed by atoms with Gasteiger partial charge in [-0.1, -0.05) is 97.9 Å². The first-order valence-corrected chi connectivity index (χ1v) is 14.0. The highest BCUT2D eigenvalue weighted by Crippen LogP contribution is 2.37. The van der Waals surface area contributed by atoms with E-state index in [1.54, 1.807) is 0 Å². The van der Waals surface area contributed by atoms with Gasteiger partial charge in [-0.2, -0.15) is 0 Å². The van der Waals surface area contributed by atoms with Crippen molar-refractivity contribution in [2.75, 3.05) is 16.8 Å². The molecule has 0 saturated carbocycles. The monoisotopic (exact) mass is 520 g/mol. The van der Waals surface area contributed by atoms with Crippen LogP contribution in [0.4, 0.5) is 28.4 Å². The van der Waals surface area contributed by atoms with Crippen LogP contribution in [0.1, 0.15) is 25.8 Å². The molecule has 0 aliphatic heterocycles. The molecule has 0 fully saturated rings. The van der Waals surface area contributed by atoms with Gasteiger partial charge in [-0.05, 0) is 96.3 Å². The number of allylic oxidation sites excluding steroid dienone is 4. The minimum atomic E-state index is 1.01. The first-order valence-electron chi connectivity index (χ1n) is 14.0. The lowest BCUT2D eigenvalue weighted by molar-refractivity contribution is 1.20. The molecule has 0 aromatic heterocycles.